The van der Waals surface area contributed by atoms with Crippen molar-refractivity contribution in [1.29, 1.82) is 0 Å². The molecule has 0 radical (unpaired) electrons. The maximum Gasteiger partial charge on any atom is 0.258 e. The average Bonchev–Trinajstić information content (AvgIpc) is 2.57. The Kier molecular flexibility index (Phi) is 4.95. The van der Waals surface area contributed by atoms with E-state index >= 15 is 0 Å². The van der Waals surface area contributed by atoms with Crippen LogP contribution in [-0.4, -0.2) is 29.9 Å². The molecular formula is C12H22N4OS. The summed E-state index contributed by atoms with van der Waals surface area (Å²) in [6.45, 7) is 8.98. The number of nitrogens with two attached hydrogens (primary N) is 1. The van der Waals surface area contributed by atoms with Crippen LogP contribution >= 0.6 is 11.5 Å². The molecule has 0 saturated carbocycles. The fourth-order valence-corrected chi connectivity index (χ4v) is 2.51. The molecule has 0 atom stereocenters. The Morgan fingerprint density at radius 3 is 2.56 bits per heavy atom. The summed E-state index contributed by atoms with van der Waals surface area (Å²) >= 11 is 1.27. The van der Waals surface area contributed by atoms with Gasteiger partial charge in [0.25, 0.3) is 5.91 Å². The maximum absolute atomic E-state index is 12.1. The van der Waals surface area contributed by atoms with E-state index in [1.54, 1.807) is 0 Å². The van der Waals surface area contributed by atoms with Gasteiger partial charge in [0.1, 0.15) is 10.6 Å². The third kappa shape index (κ3) is 3.60. The molecule has 1 rings (SSSR count). The zero-order valence-corrected chi connectivity index (χ0v) is 12.5. The van der Waals surface area contributed by atoms with Crippen LogP contribution in [-0.2, 0) is 0 Å². The van der Waals surface area contributed by atoms with Gasteiger partial charge < -0.3 is 16.0 Å². The molecule has 0 bridgehead atoms. The Labute approximate surface area is 113 Å². The molecule has 0 fully saturated rings. The van der Waals surface area contributed by atoms with E-state index in [1.807, 2.05) is 25.8 Å². The fourth-order valence-electron chi connectivity index (χ4n) is 1.73. The Morgan fingerprint density at radius 1 is 1.44 bits per heavy atom. The summed E-state index contributed by atoms with van der Waals surface area (Å²) in [4.78, 5) is 14.1. The topological polar surface area (TPSA) is 71.2 Å². The number of hydrogen-bond acceptors (Lipinski definition) is 5. The molecule has 0 saturated heterocycles. The Balaban J connectivity index is 2.97. The van der Waals surface area contributed by atoms with Crippen molar-refractivity contribution in [3.05, 3.63) is 5.56 Å². The summed E-state index contributed by atoms with van der Waals surface area (Å²) in [6, 6.07) is 0.0834. The lowest BCUT2D eigenvalue weighted by Crippen LogP contribution is -2.32. The van der Waals surface area contributed by atoms with Gasteiger partial charge in [-0.3, -0.25) is 4.79 Å². The van der Waals surface area contributed by atoms with E-state index < -0.39 is 0 Å². The van der Waals surface area contributed by atoms with Crippen LogP contribution in [0.15, 0.2) is 0 Å². The summed E-state index contributed by atoms with van der Waals surface area (Å²) in [5, 5.41) is 3.69. The molecule has 6 heteroatoms. The van der Waals surface area contributed by atoms with Gasteiger partial charge in [-0.15, -0.1) is 0 Å². The molecule has 0 aliphatic carbocycles. The quantitative estimate of drug-likeness (QED) is 0.858. The predicted molar refractivity (Wildman–Crippen MR) is 77.2 cm³/mol. The van der Waals surface area contributed by atoms with Crippen molar-refractivity contribution in [2.75, 3.05) is 24.2 Å². The standard InChI is InChI=1S/C12H22N4OS/c1-7(2)6-16(5)12-9(10(13)15-18-12)11(17)14-8(3)4/h7-8H,6H2,1-5H3,(H2,13,15)(H,14,17). The molecule has 0 aliphatic heterocycles. The first-order valence-corrected chi connectivity index (χ1v) is 6.87. The highest BCUT2D eigenvalue weighted by molar-refractivity contribution is 7.11. The van der Waals surface area contributed by atoms with Crippen LogP contribution in [0.3, 0.4) is 0 Å². The minimum atomic E-state index is -0.151. The number of nitrogens with one attached hydrogen (secondary N) is 1. The molecule has 102 valence electrons. The lowest BCUT2D eigenvalue weighted by Gasteiger charge is -2.20. The second-order valence-corrected chi connectivity index (χ2v) is 5.90. The zero-order chi connectivity index (χ0) is 13.9. The first-order chi connectivity index (χ1) is 8.32. The second kappa shape index (κ2) is 6.04. The minimum absolute atomic E-state index is 0.0834. The third-order valence-electron chi connectivity index (χ3n) is 2.33. The Hall–Kier alpha value is -1.30. The Bertz CT molecular complexity index is 414. The van der Waals surface area contributed by atoms with Gasteiger partial charge in [-0.1, -0.05) is 13.8 Å². The predicted octanol–water partition coefficient (Wildman–Crippen LogP) is 1.96. The summed E-state index contributed by atoms with van der Waals surface area (Å²) in [5.74, 6) is 0.671. The summed E-state index contributed by atoms with van der Waals surface area (Å²) in [7, 11) is 1.96. The summed E-state index contributed by atoms with van der Waals surface area (Å²) in [5.41, 5.74) is 6.30. The summed E-state index contributed by atoms with van der Waals surface area (Å²) < 4.78 is 4.09. The van der Waals surface area contributed by atoms with E-state index in [2.05, 4.69) is 23.5 Å². The molecule has 3 N–H and O–H groups in total. The molecular weight excluding hydrogens is 248 g/mol. The molecule has 5 nitrogen and oxygen atoms in total. The van der Waals surface area contributed by atoms with E-state index in [-0.39, 0.29) is 11.9 Å². The first-order valence-electron chi connectivity index (χ1n) is 6.10. The van der Waals surface area contributed by atoms with Gasteiger partial charge in [0.15, 0.2) is 5.82 Å². The highest BCUT2D eigenvalue weighted by atomic mass is 32.1. The van der Waals surface area contributed by atoms with Crippen LogP contribution in [0.25, 0.3) is 0 Å². The normalized spacial score (nSPS) is 11.1. The molecule has 0 spiro atoms. The number of anilines is 2. The number of carbonyl (C=O) groups is 1. The molecule has 0 unspecified atom stereocenters. The number of carbonyl (C=O) groups excluding carboxylic acids is 1. The fraction of sp³-hybridized carbons (Fsp3) is 0.667. The van der Waals surface area contributed by atoms with Crippen molar-refractivity contribution in [1.82, 2.24) is 9.69 Å². The van der Waals surface area contributed by atoms with E-state index in [0.29, 0.717) is 17.3 Å². The number of hydrogen-bond donors (Lipinski definition) is 2. The van der Waals surface area contributed by atoms with Crippen molar-refractivity contribution in [3.63, 3.8) is 0 Å². The van der Waals surface area contributed by atoms with Crippen LogP contribution < -0.4 is 16.0 Å². The minimum Gasteiger partial charge on any atom is -0.382 e. The zero-order valence-electron chi connectivity index (χ0n) is 11.7. The summed E-state index contributed by atoms with van der Waals surface area (Å²) in [6.07, 6.45) is 0. The van der Waals surface area contributed by atoms with E-state index in [0.717, 1.165) is 11.5 Å². The van der Waals surface area contributed by atoms with Crippen LogP contribution in [0, 0.1) is 5.92 Å². The number of nitrogens with zero attached hydrogens (tertiary/aromatic N) is 2. The number of nitrogen functional groups attached to an aromatic ring is 1. The Morgan fingerprint density at radius 2 is 2.06 bits per heavy atom. The van der Waals surface area contributed by atoms with Crippen molar-refractivity contribution in [3.8, 4) is 0 Å². The largest absolute Gasteiger partial charge is 0.382 e. The van der Waals surface area contributed by atoms with Crippen molar-refractivity contribution < 1.29 is 4.79 Å². The van der Waals surface area contributed by atoms with Gasteiger partial charge in [-0.2, -0.15) is 4.37 Å². The highest BCUT2D eigenvalue weighted by Gasteiger charge is 2.22. The van der Waals surface area contributed by atoms with Crippen LogP contribution in [0.1, 0.15) is 38.1 Å². The molecule has 18 heavy (non-hydrogen) atoms. The maximum atomic E-state index is 12.1. The highest BCUT2D eigenvalue weighted by Crippen LogP contribution is 2.30. The monoisotopic (exact) mass is 270 g/mol. The van der Waals surface area contributed by atoms with Gasteiger partial charge in [0.05, 0.1) is 0 Å². The van der Waals surface area contributed by atoms with Crippen LogP contribution in [0.4, 0.5) is 10.8 Å². The van der Waals surface area contributed by atoms with Crippen LogP contribution in [0.2, 0.25) is 0 Å². The smallest absolute Gasteiger partial charge is 0.258 e. The molecule has 1 amide bonds. The van der Waals surface area contributed by atoms with Crippen LogP contribution in [0.5, 0.6) is 0 Å². The molecule has 1 aromatic rings. The molecule has 0 aromatic carbocycles. The number of amides is 1. The molecule has 1 aromatic heterocycles. The molecule has 0 aliphatic rings. The average molecular weight is 270 g/mol. The van der Waals surface area contributed by atoms with Gasteiger partial charge in [0.2, 0.25) is 0 Å². The van der Waals surface area contributed by atoms with Crippen molar-refractivity contribution in [2.24, 2.45) is 5.92 Å². The van der Waals surface area contributed by atoms with Crippen molar-refractivity contribution in [2.45, 2.75) is 33.7 Å². The lowest BCUT2D eigenvalue weighted by atomic mass is 10.2. The molecule has 1 heterocycles. The van der Waals surface area contributed by atoms with Gasteiger partial charge in [-0.05, 0) is 31.3 Å². The first kappa shape index (κ1) is 14.8. The third-order valence-corrected chi connectivity index (χ3v) is 3.31. The van der Waals surface area contributed by atoms with Gasteiger partial charge >= 0.3 is 0 Å². The van der Waals surface area contributed by atoms with E-state index in [9.17, 15) is 4.79 Å². The van der Waals surface area contributed by atoms with Gasteiger partial charge in [0, 0.05) is 19.6 Å². The van der Waals surface area contributed by atoms with Gasteiger partial charge in [-0.25, -0.2) is 0 Å². The number of aromatic nitrogens is 1. The van der Waals surface area contributed by atoms with E-state index in [1.165, 1.54) is 11.5 Å². The number of rotatable bonds is 5. The lowest BCUT2D eigenvalue weighted by molar-refractivity contribution is 0.0944. The SMILES string of the molecule is CC(C)CN(C)c1snc(N)c1C(=O)NC(C)C. The van der Waals surface area contributed by atoms with Crippen molar-refractivity contribution >= 4 is 28.3 Å². The van der Waals surface area contributed by atoms with E-state index in [4.69, 9.17) is 5.73 Å². The second-order valence-electron chi connectivity index (χ2n) is 5.15.